The van der Waals surface area contributed by atoms with Gasteiger partial charge >= 0.3 is 30.0 Å². The second kappa shape index (κ2) is 16.6. The zero-order valence-corrected chi connectivity index (χ0v) is 29.5. The lowest BCUT2D eigenvalue weighted by Gasteiger charge is -2.19. The number of methoxy groups -OCH3 is 2. The quantitative estimate of drug-likeness (QED) is 0.0992. The Morgan fingerprint density at radius 3 is 2.15 bits per heavy atom. The van der Waals surface area contributed by atoms with Crippen LogP contribution in [0.2, 0.25) is 5.02 Å². The molecule has 0 bridgehead atoms. The number of aromatic nitrogens is 3. The van der Waals surface area contributed by atoms with Crippen molar-refractivity contribution in [1.29, 1.82) is 0 Å². The van der Waals surface area contributed by atoms with Crippen molar-refractivity contribution >= 4 is 52.9 Å². The van der Waals surface area contributed by atoms with Gasteiger partial charge in [0.1, 0.15) is 6.04 Å². The number of hydrogen-bond acceptors (Lipinski definition) is 12. The molecule has 1 atom stereocenters. The Balaban J connectivity index is 1.19. The van der Waals surface area contributed by atoms with E-state index in [-0.39, 0.29) is 35.8 Å². The lowest BCUT2D eigenvalue weighted by atomic mass is 10.1. The number of esters is 1. The van der Waals surface area contributed by atoms with Crippen LogP contribution in [-0.2, 0) is 29.4 Å². The number of rotatable bonds is 17. The lowest BCUT2D eigenvalue weighted by Crippen LogP contribution is -2.46. The zero-order valence-electron chi connectivity index (χ0n) is 28.8. The highest BCUT2D eigenvalue weighted by Crippen LogP contribution is 2.48. The number of carbonyl (C=O) groups is 4. The molecule has 5 rings (SSSR count). The summed E-state index contributed by atoms with van der Waals surface area (Å²) in [5.74, 6) is -3.27. The highest BCUT2D eigenvalue weighted by Gasteiger charge is 2.45. The van der Waals surface area contributed by atoms with E-state index in [0.717, 1.165) is 25.5 Å². The summed E-state index contributed by atoms with van der Waals surface area (Å²) in [6.07, 6.45) is -1.51. The Bertz CT molecular complexity index is 1790. The van der Waals surface area contributed by atoms with E-state index in [0.29, 0.717) is 36.7 Å². The number of halogens is 4. The van der Waals surface area contributed by atoms with Gasteiger partial charge in [0.05, 0.1) is 19.3 Å². The first kappa shape index (κ1) is 39.0. The highest BCUT2D eigenvalue weighted by atomic mass is 35.5. The minimum Gasteiger partial charge on any atom is -0.467 e. The van der Waals surface area contributed by atoms with Gasteiger partial charge in [0.15, 0.2) is 6.61 Å². The molecule has 2 aromatic carbocycles. The molecule has 3 aromatic rings. The standard InChI is InChI=1S/C34H38ClF3N8O7/c1-51-18-32(12-13-32)17-40-27(49)26(48)39-16-11-24(28(50)52-2)42-25(47)20-3-9-23(10-4-20)41-29-43-30(45-31(44-29)53-19-34(36,37)38)46-33(14-15-33)21-5-7-22(35)8-6-21/h3-10,24H,11-19H2,1-2H3,(H,39,48)(H,40,49)(H,42,47)(H2,41,43,44,45,46)/t24-/m0/s1. The van der Waals surface area contributed by atoms with Crippen molar-refractivity contribution in [2.45, 2.75) is 49.9 Å². The molecule has 1 heterocycles. The maximum Gasteiger partial charge on any atom is 0.422 e. The van der Waals surface area contributed by atoms with Crippen LogP contribution >= 0.6 is 11.6 Å². The third-order valence-corrected chi connectivity index (χ3v) is 8.88. The fourth-order valence-corrected chi connectivity index (χ4v) is 5.48. The fourth-order valence-electron chi connectivity index (χ4n) is 5.35. The van der Waals surface area contributed by atoms with E-state index in [9.17, 15) is 32.3 Å². The Morgan fingerprint density at radius 1 is 0.887 bits per heavy atom. The predicted octanol–water partition coefficient (Wildman–Crippen LogP) is 3.63. The van der Waals surface area contributed by atoms with Crippen molar-refractivity contribution in [3.05, 3.63) is 64.7 Å². The number of ether oxygens (including phenoxy) is 3. The SMILES string of the molecule is COCC1(CNC(=O)C(=O)NCC[C@H](NC(=O)c2ccc(Nc3nc(NC4(c5ccc(Cl)cc5)CC4)nc(OCC(F)(F)F)n3)cc2)C(=O)OC)CC1. The summed E-state index contributed by atoms with van der Waals surface area (Å²) in [7, 11) is 2.71. The highest BCUT2D eigenvalue weighted by molar-refractivity contribution is 6.35. The van der Waals surface area contributed by atoms with Gasteiger partial charge in [-0.15, -0.1) is 0 Å². The topological polar surface area (TPSA) is 195 Å². The molecule has 15 nitrogen and oxygen atoms in total. The van der Waals surface area contributed by atoms with Crippen LogP contribution in [0.25, 0.3) is 0 Å². The summed E-state index contributed by atoms with van der Waals surface area (Å²) in [5, 5.41) is 14.2. The third-order valence-electron chi connectivity index (χ3n) is 8.63. The van der Waals surface area contributed by atoms with E-state index >= 15 is 0 Å². The molecule has 5 N–H and O–H groups in total. The van der Waals surface area contributed by atoms with Crippen molar-refractivity contribution in [3.63, 3.8) is 0 Å². The first-order valence-corrected chi connectivity index (χ1v) is 16.9. The van der Waals surface area contributed by atoms with Crippen molar-refractivity contribution in [1.82, 2.24) is 30.9 Å². The monoisotopic (exact) mass is 762 g/mol. The van der Waals surface area contributed by atoms with Gasteiger partial charge in [-0.1, -0.05) is 23.7 Å². The van der Waals surface area contributed by atoms with Gasteiger partial charge in [0, 0.05) is 41.9 Å². The first-order valence-electron chi connectivity index (χ1n) is 16.5. The van der Waals surface area contributed by atoms with Gasteiger partial charge in [-0.3, -0.25) is 14.4 Å². The summed E-state index contributed by atoms with van der Waals surface area (Å²) >= 11 is 6.03. The lowest BCUT2D eigenvalue weighted by molar-refractivity contribution is -0.154. The summed E-state index contributed by atoms with van der Waals surface area (Å²) in [5.41, 5.74) is 0.698. The number of carbonyl (C=O) groups excluding carboxylic acids is 4. The molecule has 19 heteroatoms. The molecule has 0 saturated heterocycles. The van der Waals surface area contributed by atoms with Crippen LogP contribution in [0.3, 0.4) is 0 Å². The van der Waals surface area contributed by atoms with Gasteiger partial charge < -0.3 is 40.8 Å². The Kier molecular flexibility index (Phi) is 12.2. The van der Waals surface area contributed by atoms with E-state index < -0.39 is 54.1 Å². The summed E-state index contributed by atoms with van der Waals surface area (Å²) in [6.45, 7) is -0.952. The number of hydrogen-bond donors (Lipinski definition) is 5. The van der Waals surface area contributed by atoms with Crippen LogP contribution < -0.4 is 31.3 Å². The average Bonchev–Trinajstić information content (AvgIpc) is 4.07. The van der Waals surface area contributed by atoms with Crippen molar-refractivity contribution in [2.24, 2.45) is 5.41 Å². The zero-order chi connectivity index (χ0) is 38.2. The van der Waals surface area contributed by atoms with Crippen molar-refractivity contribution in [3.8, 4) is 6.01 Å². The summed E-state index contributed by atoms with van der Waals surface area (Å²) in [6, 6.07) is 11.2. The maximum absolute atomic E-state index is 13.0. The van der Waals surface area contributed by atoms with Crippen LogP contribution in [0, 0.1) is 5.41 Å². The smallest absolute Gasteiger partial charge is 0.422 e. The number of nitrogens with zero attached hydrogens (tertiary/aromatic N) is 3. The molecule has 2 aliphatic carbocycles. The van der Waals surface area contributed by atoms with Crippen LogP contribution in [0.15, 0.2) is 48.5 Å². The molecule has 0 unspecified atom stereocenters. The van der Waals surface area contributed by atoms with Gasteiger partial charge in [0.2, 0.25) is 11.9 Å². The van der Waals surface area contributed by atoms with Crippen LogP contribution in [-0.4, -0.2) is 91.4 Å². The Hall–Kier alpha value is -5.23. The summed E-state index contributed by atoms with van der Waals surface area (Å²) in [4.78, 5) is 62.3. The van der Waals surface area contributed by atoms with Gasteiger partial charge in [-0.25, -0.2) is 4.79 Å². The number of anilines is 3. The van der Waals surface area contributed by atoms with E-state index in [4.69, 9.17) is 25.8 Å². The molecular weight excluding hydrogens is 725 g/mol. The molecule has 284 valence electrons. The fraction of sp³-hybridized carbons (Fsp3) is 0.441. The van der Waals surface area contributed by atoms with Crippen molar-refractivity contribution in [2.75, 3.05) is 51.2 Å². The second-order valence-corrected chi connectivity index (χ2v) is 13.2. The molecular formula is C34H38ClF3N8O7. The number of nitrogens with one attached hydrogen (secondary N) is 5. The molecule has 2 fully saturated rings. The van der Waals surface area contributed by atoms with E-state index in [1.807, 2.05) is 12.1 Å². The molecule has 0 aliphatic heterocycles. The molecule has 0 spiro atoms. The van der Waals surface area contributed by atoms with Gasteiger partial charge in [-0.2, -0.15) is 28.1 Å². The minimum atomic E-state index is -4.63. The van der Waals surface area contributed by atoms with Crippen LogP contribution in [0.4, 0.5) is 30.8 Å². The van der Waals surface area contributed by atoms with Gasteiger partial charge in [-0.05, 0) is 74.1 Å². The minimum absolute atomic E-state index is 0.0254. The average molecular weight is 763 g/mol. The molecule has 53 heavy (non-hydrogen) atoms. The molecule has 3 amide bonds. The first-order chi connectivity index (χ1) is 25.2. The second-order valence-electron chi connectivity index (χ2n) is 12.8. The van der Waals surface area contributed by atoms with E-state index in [1.54, 1.807) is 19.2 Å². The molecule has 2 aliphatic rings. The normalized spacial score (nSPS) is 15.7. The van der Waals surface area contributed by atoms with Crippen molar-refractivity contribution < 1.29 is 46.6 Å². The predicted molar refractivity (Wildman–Crippen MR) is 185 cm³/mol. The molecule has 0 radical (unpaired) electrons. The number of amides is 3. The van der Waals surface area contributed by atoms with E-state index in [2.05, 4.69) is 41.5 Å². The number of alkyl halides is 3. The number of benzene rings is 2. The van der Waals surface area contributed by atoms with Crippen LogP contribution in [0.1, 0.15) is 48.0 Å². The largest absolute Gasteiger partial charge is 0.467 e. The third kappa shape index (κ3) is 11.1. The molecule has 1 aromatic heterocycles. The van der Waals surface area contributed by atoms with Gasteiger partial charge in [0.25, 0.3) is 5.91 Å². The Morgan fingerprint density at radius 2 is 1.55 bits per heavy atom. The summed E-state index contributed by atoms with van der Waals surface area (Å²) < 4.78 is 53.6. The molecule has 2 saturated carbocycles. The Labute approximate surface area is 307 Å². The van der Waals surface area contributed by atoms with E-state index in [1.165, 1.54) is 24.3 Å². The maximum atomic E-state index is 13.0. The van der Waals surface area contributed by atoms with Crippen LogP contribution in [0.5, 0.6) is 6.01 Å².